The number of nitrogens with one attached hydrogen (secondary N) is 1. The summed E-state index contributed by atoms with van der Waals surface area (Å²) >= 11 is 0. The van der Waals surface area contributed by atoms with E-state index in [0.717, 1.165) is 12.5 Å². The maximum absolute atomic E-state index is 3.52. The van der Waals surface area contributed by atoms with E-state index in [4.69, 9.17) is 0 Å². The van der Waals surface area contributed by atoms with E-state index in [1.54, 1.807) is 0 Å². The molecule has 1 fully saturated rings. The van der Waals surface area contributed by atoms with E-state index in [0.29, 0.717) is 0 Å². The number of benzene rings is 1. The normalized spacial score (nSPS) is 20.2. The summed E-state index contributed by atoms with van der Waals surface area (Å²) in [5.74, 6) is 0.842. The first kappa shape index (κ1) is 13.6. The second kappa shape index (κ2) is 7.55. The largest absolute Gasteiger partial charge is 0.316 e. The molecular weight excluding hydrogens is 220 g/mol. The molecular formula is C16H26N2. The minimum atomic E-state index is 0.842. The maximum Gasteiger partial charge on any atom is 0.0233 e. The number of rotatable bonds is 6. The first-order valence-corrected chi connectivity index (χ1v) is 7.35. The highest BCUT2D eigenvalue weighted by atomic mass is 15.1. The van der Waals surface area contributed by atoms with Gasteiger partial charge in [-0.15, -0.1) is 0 Å². The molecule has 1 saturated heterocycles. The molecule has 2 heteroatoms. The van der Waals surface area contributed by atoms with Crippen molar-refractivity contribution in [3.05, 3.63) is 35.9 Å². The van der Waals surface area contributed by atoms with Crippen LogP contribution in [0, 0.1) is 5.92 Å². The minimum Gasteiger partial charge on any atom is -0.316 e. The molecule has 1 aliphatic heterocycles. The number of hydrogen-bond donors (Lipinski definition) is 1. The highest BCUT2D eigenvalue weighted by Crippen LogP contribution is 2.14. The molecule has 18 heavy (non-hydrogen) atoms. The summed E-state index contributed by atoms with van der Waals surface area (Å²) in [5, 5.41) is 3.52. The quantitative estimate of drug-likeness (QED) is 0.830. The van der Waals surface area contributed by atoms with Crippen molar-refractivity contribution in [2.75, 3.05) is 26.2 Å². The van der Waals surface area contributed by atoms with E-state index < -0.39 is 0 Å². The van der Waals surface area contributed by atoms with E-state index in [1.807, 2.05) is 0 Å². The summed E-state index contributed by atoms with van der Waals surface area (Å²) in [6.45, 7) is 8.25. The van der Waals surface area contributed by atoms with Crippen LogP contribution in [0.15, 0.2) is 30.3 Å². The molecule has 0 bridgehead atoms. The molecule has 2 rings (SSSR count). The van der Waals surface area contributed by atoms with Gasteiger partial charge in [0.05, 0.1) is 0 Å². The van der Waals surface area contributed by atoms with Crippen molar-refractivity contribution in [1.29, 1.82) is 0 Å². The molecule has 1 aliphatic rings. The van der Waals surface area contributed by atoms with Crippen molar-refractivity contribution in [1.82, 2.24) is 10.2 Å². The summed E-state index contributed by atoms with van der Waals surface area (Å²) in [6.07, 6.45) is 3.98. The molecule has 0 spiro atoms. The first-order valence-electron chi connectivity index (χ1n) is 7.35. The number of nitrogens with zero attached hydrogens (tertiary/aromatic N) is 1. The van der Waals surface area contributed by atoms with Crippen molar-refractivity contribution in [3.8, 4) is 0 Å². The average Bonchev–Trinajstić information content (AvgIpc) is 2.41. The zero-order valence-corrected chi connectivity index (χ0v) is 11.6. The Morgan fingerprint density at radius 1 is 1.28 bits per heavy atom. The summed E-state index contributed by atoms with van der Waals surface area (Å²) in [7, 11) is 0. The maximum atomic E-state index is 3.52. The van der Waals surface area contributed by atoms with Crippen LogP contribution in [0.2, 0.25) is 0 Å². The fraction of sp³-hybridized carbons (Fsp3) is 0.625. The predicted octanol–water partition coefficient (Wildman–Crippen LogP) is 2.90. The van der Waals surface area contributed by atoms with Crippen LogP contribution < -0.4 is 5.32 Å². The Hall–Kier alpha value is -0.860. The van der Waals surface area contributed by atoms with Gasteiger partial charge in [0.1, 0.15) is 0 Å². The van der Waals surface area contributed by atoms with Crippen LogP contribution in [0.1, 0.15) is 31.7 Å². The number of piperidine rings is 1. The van der Waals surface area contributed by atoms with Gasteiger partial charge in [-0.3, -0.25) is 4.90 Å². The van der Waals surface area contributed by atoms with Crippen LogP contribution in [0.25, 0.3) is 0 Å². The average molecular weight is 246 g/mol. The Kier molecular flexibility index (Phi) is 5.69. The summed E-state index contributed by atoms with van der Waals surface area (Å²) in [5.41, 5.74) is 1.44. The van der Waals surface area contributed by atoms with E-state index in [-0.39, 0.29) is 0 Å². The molecule has 1 aromatic carbocycles. The third kappa shape index (κ3) is 4.43. The second-order valence-electron chi connectivity index (χ2n) is 5.43. The summed E-state index contributed by atoms with van der Waals surface area (Å²) < 4.78 is 0. The molecule has 0 radical (unpaired) electrons. The standard InChI is InChI=1S/C16H26N2/c1-2-11-18(13-15-7-4-3-5-8-15)14-16-9-6-10-17-12-16/h3-5,7-8,16-17H,2,6,9-14H2,1H3. The smallest absolute Gasteiger partial charge is 0.0233 e. The van der Waals surface area contributed by atoms with Gasteiger partial charge in [-0.1, -0.05) is 37.3 Å². The van der Waals surface area contributed by atoms with Crippen LogP contribution in [-0.2, 0) is 6.54 Å². The Labute approximate surface area is 111 Å². The van der Waals surface area contributed by atoms with Crippen LogP contribution in [0.5, 0.6) is 0 Å². The molecule has 1 N–H and O–H groups in total. The minimum absolute atomic E-state index is 0.842. The van der Waals surface area contributed by atoms with Gasteiger partial charge in [-0.05, 0) is 50.4 Å². The highest BCUT2D eigenvalue weighted by Gasteiger charge is 2.16. The van der Waals surface area contributed by atoms with Gasteiger partial charge in [0.25, 0.3) is 0 Å². The molecule has 100 valence electrons. The lowest BCUT2D eigenvalue weighted by molar-refractivity contribution is 0.201. The molecule has 1 heterocycles. The van der Waals surface area contributed by atoms with Crippen LogP contribution in [0.4, 0.5) is 0 Å². The van der Waals surface area contributed by atoms with Gasteiger partial charge in [-0.25, -0.2) is 0 Å². The van der Waals surface area contributed by atoms with Crippen molar-refractivity contribution in [2.45, 2.75) is 32.7 Å². The van der Waals surface area contributed by atoms with Crippen LogP contribution >= 0.6 is 0 Å². The molecule has 1 aromatic rings. The van der Waals surface area contributed by atoms with Crippen LogP contribution in [-0.4, -0.2) is 31.1 Å². The van der Waals surface area contributed by atoms with E-state index in [1.165, 1.54) is 51.0 Å². The van der Waals surface area contributed by atoms with Gasteiger partial charge < -0.3 is 5.32 Å². The van der Waals surface area contributed by atoms with Crippen molar-refractivity contribution in [3.63, 3.8) is 0 Å². The predicted molar refractivity (Wildman–Crippen MR) is 77.6 cm³/mol. The van der Waals surface area contributed by atoms with Crippen LogP contribution in [0.3, 0.4) is 0 Å². The molecule has 0 aliphatic carbocycles. The van der Waals surface area contributed by atoms with Crippen molar-refractivity contribution >= 4 is 0 Å². The fourth-order valence-corrected chi connectivity index (χ4v) is 2.84. The van der Waals surface area contributed by atoms with Gasteiger partial charge in [0.15, 0.2) is 0 Å². The molecule has 1 unspecified atom stereocenters. The lowest BCUT2D eigenvalue weighted by atomic mass is 9.98. The Morgan fingerprint density at radius 2 is 2.11 bits per heavy atom. The van der Waals surface area contributed by atoms with Gasteiger partial charge in [0.2, 0.25) is 0 Å². The Balaban J connectivity index is 1.86. The van der Waals surface area contributed by atoms with Crippen molar-refractivity contribution in [2.24, 2.45) is 5.92 Å². The molecule has 1 atom stereocenters. The van der Waals surface area contributed by atoms with E-state index >= 15 is 0 Å². The van der Waals surface area contributed by atoms with E-state index in [9.17, 15) is 0 Å². The Morgan fingerprint density at radius 3 is 2.78 bits per heavy atom. The van der Waals surface area contributed by atoms with Gasteiger partial charge >= 0.3 is 0 Å². The SMILES string of the molecule is CCCN(Cc1ccccc1)CC1CCCNC1. The monoisotopic (exact) mass is 246 g/mol. The van der Waals surface area contributed by atoms with Gasteiger partial charge in [-0.2, -0.15) is 0 Å². The zero-order chi connectivity index (χ0) is 12.6. The first-order chi connectivity index (χ1) is 8.88. The fourth-order valence-electron chi connectivity index (χ4n) is 2.84. The molecule has 0 amide bonds. The van der Waals surface area contributed by atoms with E-state index in [2.05, 4.69) is 47.5 Å². The molecule has 0 saturated carbocycles. The third-order valence-electron chi connectivity index (χ3n) is 3.70. The summed E-state index contributed by atoms with van der Waals surface area (Å²) in [6, 6.07) is 10.9. The summed E-state index contributed by atoms with van der Waals surface area (Å²) in [4.78, 5) is 2.62. The second-order valence-corrected chi connectivity index (χ2v) is 5.43. The molecule has 0 aromatic heterocycles. The zero-order valence-electron chi connectivity index (χ0n) is 11.6. The van der Waals surface area contributed by atoms with Crippen molar-refractivity contribution < 1.29 is 0 Å². The highest BCUT2D eigenvalue weighted by molar-refractivity contribution is 5.14. The van der Waals surface area contributed by atoms with Gasteiger partial charge in [0, 0.05) is 13.1 Å². The third-order valence-corrected chi connectivity index (χ3v) is 3.70. The molecule has 2 nitrogen and oxygen atoms in total. The Bertz CT molecular complexity index is 317. The number of hydrogen-bond acceptors (Lipinski definition) is 2. The lowest BCUT2D eigenvalue weighted by Crippen LogP contribution is -2.38. The topological polar surface area (TPSA) is 15.3 Å². The lowest BCUT2D eigenvalue weighted by Gasteiger charge is -2.30.